The standard InChI is InChI=1S/C15H23N3O4S/c1-10(9-19-2)17-15(23)18-16-8-11-6-7-12(20-3)14(22-5)13(11)21-4/h6-8,10H,9H2,1-5H3,(H2,17,18,23)/b16-8-/t10-/m1/s1. The summed E-state index contributed by atoms with van der Waals surface area (Å²) in [6.07, 6.45) is 1.59. The molecule has 8 heteroatoms. The lowest BCUT2D eigenvalue weighted by molar-refractivity contribution is 0.179. The zero-order valence-corrected chi connectivity index (χ0v) is 14.8. The first-order valence-corrected chi connectivity index (χ1v) is 7.35. The smallest absolute Gasteiger partial charge is 0.203 e. The second kappa shape index (κ2) is 9.86. The van der Waals surface area contributed by atoms with Crippen molar-refractivity contribution < 1.29 is 18.9 Å². The summed E-state index contributed by atoms with van der Waals surface area (Å²) in [4.78, 5) is 0. The van der Waals surface area contributed by atoms with E-state index in [2.05, 4.69) is 15.8 Å². The quantitative estimate of drug-likeness (QED) is 0.422. The van der Waals surface area contributed by atoms with Gasteiger partial charge in [-0.2, -0.15) is 5.10 Å². The average Bonchev–Trinajstić information content (AvgIpc) is 2.54. The van der Waals surface area contributed by atoms with Gasteiger partial charge in [0.1, 0.15) is 0 Å². The normalized spacial score (nSPS) is 11.9. The van der Waals surface area contributed by atoms with Gasteiger partial charge in [-0.15, -0.1) is 0 Å². The topological polar surface area (TPSA) is 73.3 Å². The predicted molar refractivity (Wildman–Crippen MR) is 93.9 cm³/mol. The van der Waals surface area contributed by atoms with Crippen LogP contribution in [0.5, 0.6) is 17.2 Å². The molecule has 128 valence electrons. The zero-order valence-electron chi connectivity index (χ0n) is 14.0. The monoisotopic (exact) mass is 341 g/mol. The number of rotatable bonds is 8. The molecule has 0 fully saturated rings. The third-order valence-electron chi connectivity index (χ3n) is 2.90. The molecule has 0 saturated carbocycles. The number of benzene rings is 1. The molecule has 0 radical (unpaired) electrons. The Labute approximate surface area is 141 Å². The number of methoxy groups -OCH3 is 4. The highest BCUT2D eigenvalue weighted by Crippen LogP contribution is 2.38. The number of hydrogen-bond acceptors (Lipinski definition) is 6. The molecule has 0 aliphatic heterocycles. The van der Waals surface area contributed by atoms with Gasteiger partial charge >= 0.3 is 0 Å². The van der Waals surface area contributed by atoms with Crippen molar-refractivity contribution in [2.24, 2.45) is 5.10 Å². The van der Waals surface area contributed by atoms with E-state index in [0.717, 1.165) is 5.56 Å². The van der Waals surface area contributed by atoms with Crippen LogP contribution in [0.3, 0.4) is 0 Å². The molecular formula is C15H23N3O4S. The van der Waals surface area contributed by atoms with Crippen molar-refractivity contribution in [3.63, 3.8) is 0 Å². The summed E-state index contributed by atoms with van der Waals surface area (Å²) in [6.45, 7) is 2.51. The molecule has 0 spiro atoms. The Morgan fingerprint density at radius 3 is 2.43 bits per heavy atom. The largest absolute Gasteiger partial charge is 0.493 e. The zero-order chi connectivity index (χ0) is 17.2. The molecule has 1 rings (SSSR count). The molecule has 0 aliphatic rings. The van der Waals surface area contributed by atoms with Crippen LogP contribution in [0.1, 0.15) is 12.5 Å². The first-order valence-electron chi connectivity index (χ1n) is 6.94. The van der Waals surface area contributed by atoms with E-state index in [1.807, 2.05) is 13.0 Å². The fraction of sp³-hybridized carbons (Fsp3) is 0.467. The van der Waals surface area contributed by atoms with Gasteiger partial charge in [0, 0.05) is 18.7 Å². The summed E-state index contributed by atoms with van der Waals surface area (Å²) in [5.41, 5.74) is 3.47. The van der Waals surface area contributed by atoms with E-state index in [-0.39, 0.29) is 6.04 Å². The summed E-state index contributed by atoms with van der Waals surface area (Å²) in [5, 5.41) is 7.55. The van der Waals surface area contributed by atoms with Crippen molar-refractivity contribution in [2.45, 2.75) is 13.0 Å². The van der Waals surface area contributed by atoms with Crippen molar-refractivity contribution in [1.82, 2.24) is 10.7 Å². The SMILES string of the molecule is COC[C@@H](C)NC(=S)N/N=C\c1ccc(OC)c(OC)c1OC. The fourth-order valence-electron chi connectivity index (χ4n) is 1.93. The second-order valence-electron chi connectivity index (χ2n) is 4.62. The Bertz CT molecular complexity index is 552. The van der Waals surface area contributed by atoms with E-state index in [0.29, 0.717) is 29.0 Å². The highest BCUT2D eigenvalue weighted by molar-refractivity contribution is 7.80. The maximum Gasteiger partial charge on any atom is 0.203 e. The fourth-order valence-corrected chi connectivity index (χ4v) is 2.19. The lowest BCUT2D eigenvalue weighted by Crippen LogP contribution is -2.40. The Balaban J connectivity index is 2.78. The molecule has 23 heavy (non-hydrogen) atoms. The minimum absolute atomic E-state index is 0.0887. The van der Waals surface area contributed by atoms with Gasteiger partial charge in [-0.05, 0) is 31.3 Å². The van der Waals surface area contributed by atoms with Crippen LogP contribution in [0.25, 0.3) is 0 Å². The molecule has 0 saturated heterocycles. The molecule has 0 amide bonds. The first kappa shape index (κ1) is 19.0. The number of hydrogen-bond donors (Lipinski definition) is 2. The summed E-state index contributed by atoms with van der Waals surface area (Å²) in [5.74, 6) is 1.62. The van der Waals surface area contributed by atoms with Crippen LogP contribution in [0.2, 0.25) is 0 Å². The maximum absolute atomic E-state index is 5.37. The molecule has 2 N–H and O–H groups in total. The molecule has 7 nitrogen and oxygen atoms in total. The summed E-state index contributed by atoms with van der Waals surface area (Å²) in [7, 11) is 6.31. The summed E-state index contributed by atoms with van der Waals surface area (Å²) >= 11 is 5.14. The van der Waals surface area contributed by atoms with Gasteiger partial charge in [-0.25, -0.2) is 0 Å². The highest BCUT2D eigenvalue weighted by Gasteiger charge is 2.14. The third-order valence-corrected chi connectivity index (χ3v) is 3.11. The van der Waals surface area contributed by atoms with Gasteiger partial charge < -0.3 is 24.3 Å². The van der Waals surface area contributed by atoms with Crippen molar-refractivity contribution in [3.05, 3.63) is 17.7 Å². The van der Waals surface area contributed by atoms with Crippen LogP contribution in [0, 0.1) is 0 Å². The van der Waals surface area contributed by atoms with E-state index in [4.69, 9.17) is 31.2 Å². The molecule has 0 unspecified atom stereocenters. The molecule has 1 aromatic carbocycles. The van der Waals surface area contributed by atoms with Crippen LogP contribution < -0.4 is 25.0 Å². The molecule has 1 aromatic rings. The van der Waals surface area contributed by atoms with Crippen LogP contribution in [-0.2, 0) is 4.74 Å². The van der Waals surface area contributed by atoms with E-state index in [9.17, 15) is 0 Å². The number of ether oxygens (including phenoxy) is 4. The summed E-state index contributed by atoms with van der Waals surface area (Å²) < 4.78 is 21.0. The minimum atomic E-state index is 0.0887. The third kappa shape index (κ3) is 5.57. The number of thiocarbonyl (C=S) groups is 1. The lowest BCUT2D eigenvalue weighted by Gasteiger charge is -2.15. The van der Waals surface area contributed by atoms with E-state index >= 15 is 0 Å². The molecule has 0 heterocycles. The Kier molecular flexibility index (Phi) is 8.14. The van der Waals surface area contributed by atoms with Crippen molar-refractivity contribution in [1.29, 1.82) is 0 Å². The second-order valence-corrected chi connectivity index (χ2v) is 5.03. The molecule has 0 bridgehead atoms. The van der Waals surface area contributed by atoms with Crippen molar-refractivity contribution in [3.8, 4) is 17.2 Å². The predicted octanol–water partition coefficient (Wildman–Crippen LogP) is 1.55. The van der Waals surface area contributed by atoms with Gasteiger partial charge in [-0.3, -0.25) is 5.43 Å². The van der Waals surface area contributed by atoms with Crippen LogP contribution in [-0.4, -0.2) is 52.4 Å². The van der Waals surface area contributed by atoms with Gasteiger partial charge in [0.15, 0.2) is 16.6 Å². The van der Waals surface area contributed by atoms with Crippen LogP contribution in [0.4, 0.5) is 0 Å². The van der Waals surface area contributed by atoms with E-state index < -0.39 is 0 Å². The minimum Gasteiger partial charge on any atom is -0.493 e. The van der Waals surface area contributed by atoms with Gasteiger partial charge in [-0.1, -0.05) is 0 Å². The first-order chi connectivity index (χ1) is 11.1. The van der Waals surface area contributed by atoms with Crippen molar-refractivity contribution >= 4 is 23.5 Å². The molecule has 1 atom stereocenters. The summed E-state index contributed by atoms with van der Waals surface area (Å²) in [6, 6.07) is 3.68. The maximum atomic E-state index is 5.37. The van der Waals surface area contributed by atoms with Gasteiger partial charge in [0.2, 0.25) is 5.75 Å². The Morgan fingerprint density at radius 1 is 1.17 bits per heavy atom. The Morgan fingerprint density at radius 2 is 1.87 bits per heavy atom. The molecular weight excluding hydrogens is 318 g/mol. The highest BCUT2D eigenvalue weighted by atomic mass is 32.1. The number of nitrogens with zero attached hydrogens (tertiary/aromatic N) is 1. The molecule has 0 aliphatic carbocycles. The van der Waals surface area contributed by atoms with Crippen LogP contribution >= 0.6 is 12.2 Å². The van der Waals surface area contributed by atoms with Gasteiger partial charge in [0.05, 0.1) is 34.2 Å². The van der Waals surface area contributed by atoms with Crippen LogP contribution in [0.15, 0.2) is 17.2 Å². The van der Waals surface area contributed by atoms with Gasteiger partial charge in [0.25, 0.3) is 0 Å². The van der Waals surface area contributed by atoms with E-state index in [1.165, 1.54) is 0 Å². The Hall–Kier alpha value is -2.06. The molecule has 0 aromatic heterocycles. The average molecular weight is 341 g/mol. The van der Waals surface area contributed by atoms with Crippen molar-refractivity contribution in [2.75, 3.05) is 35.0 Å². The number of hydrazone groups is 1. The lowest BCUT2D eigenvalue weighted by atomic mass is 10.2. The van der Waals surface area contributed by atoms with E-state index in [1.54, 1.807) is 40.7 Å². The number of nitrogens with one attached hydrogen (secondary N) is 2.